The van der Waals surface area contributed by atoms with E-state index in [0.717, 1.165) is 4.90 Å². The number of rotatable bonds is 3. The average molecular weight is 329 g/mol. The van der Waals surface area contributed by atoms with Crippen molar-refractivity contribution < 1.29 is 29.0 Å². The zero-order valence-corrected chi connectivity index (χ0v) is 12.8. The van der Waals surface area contributed by atoms with Gasteiger partial charge < -0.3 is 14.6 Å². The number of amides is 2. The number of aliphatic hydroxyl groups is 1. The molecule has 2 amide bonds. The summed E-state index contributed by atoms with van der Waals surface area (Å²) in [5.41, 5.74) is -0.697. The molecule has 4 rings (SSSR count). The van der Waals surface area contributed by atoms with Crippen molar-refractivity contribution in [3.8, 4) is 5.75 Å². The van der Waals surface area contributed by atoms with Crippen molar-refractivity contribution in [1.82, 2.24) is 0 Å². The maximum Gasteiger partial charge on any atom is 0.308 e. The molecule has 0 saturated carbocycles. The number of carbonyl (C=O) groups excluding carboxylic acids is 3. The summed E-state index contributed by atoms with van der Waals surface area (Å²) in [4.78, 5) is 37.6. The first kappa shape index (κ1) is 15.0. The predicted molar refractivity (Wildman–Crippen MR) is 81.1 cm³/mol. The van der Waals surface area contributed by atoms with Gasteiger partial charge in [-0.05, 0) is 24.3 Å². The normalized spacial score (nSPS) is 33.2. The van der Waals surface area contributed by atoms with Gasteiger partial charge in [0.1, 0.15) is 11.4 Å². The summed E-state index contributed by atoms with van der Waals surface area (Å²) in [6, 6.07) is 6.15. The maximum absolute atomic E-state index is 12.8. The van der Waals surface area contributed by atoms with Gasteiger partial charge >= 0.3 is 5.97 Å². The Morgan fingerprint density at radius 3 is 2.62 bits per heavy atom. The summed E-state index contributed by atoms with van der Waals surface area (Å²) in [5, 5.41) is 9.66. The lowest BCUT2D eigenvalue weighted by Crippen LogP contribution is -2.43. The predicted octanol–water partition coefficient (Wildman–Crippen LogP) is 0.417. The Kier molecular flexibility index (Phi) is 3.13. The monoisotopic (exact) mass is 329 g/mol. The van der Waals surface area contributed by atoms with Crippen molar-refractivity contribution in [2.75, 3.05) is 11.5 Å². The Bertz CT molecular complexity index is 770. The lowest BCUT2D eigenvalue weighted by molar-refractivity contribution is -0.132. The summed E-state index contributed by atoms with van der Waals surface area (Å²) in [5.74, 6) is -2.15. The van der Waals surface area contributed by atoms with Crippen LogP contribution in [0.5, 0.6) is 5.75 Å². The Hall–Kier alpha value is -2.51. The number of nitrogens with zero attached hydrogens (tertiary/aromatic N) is 1. The van der Waals surface area contributed by atoms with Crippen LogP contribution in [0.2, 0.25) is 0 Å². The van der Waals surface area contributed by atoms with Gasteiger partial charge in [-0.1, -0.05) is 12.2 Å². The van der Waals surface area contributed by atoms with Crippen LogP contribution in [0.25, 0.3) is 0 Å². The van der Waals surface area contributed by atoms with E-state index >= 15 is 0 Å². The number of hydrogen-bond acceptors (Lipinski definition) is 6. The fourth-order valence-electron chi connectivity index (χ4n) is 3.77. The van der Waals surface area contributed by atoms with Gasteiger partial charge in [0, 0.05) is 6.92 Å². The van der Waals surface area contributed by atoms with Crippen LogP contribution in [-0.4, -0.2) is 41.2 Å². The second-order valence-electron chi connectivity index (χ2n) is 6.16. The van der Waals surface area contributed by atoms with Crippen LogP contribution in [0.15, 0.2) is 36.4 Å². The number of imide groups is 1. The molecule has 4 atom stereocenters. The van der Waals surface area contributed by atoms with E-state index in [4.69, 9.17) is 9.47 Å². The molecule has 3 aliphatic heterocycles. The largest absolute Gasteiger partial charge is 0.427 e. The summed E-state index contributed by atoms with van der Waals surface area (Å²) in [7, 11) is 0. The highest BCUT2D eigenvalue weighted by molar-refractivity contribution is 6.23. The molecule has 124 valence electrons. The molecule has 2 bridgehead atoms. The summed E-state index contributed by atoms with van der Waals surface area (Å²) >= 11 is 0. The molecule has 7 heteroatoms. The number of carbonyl (C=O) groups is 3. The minimum absolute atomic E-state index is 0.336. The molecule has 7 nitrogen and oxygen atoms in total. The van der Waals surface area contributed by atoms with E-state index in [1.807, 2.05) is 0 Å². The molecule has 2 saturated heterocycles. The van der Waals surface area contributed by atoms with Gasteiger partial charge in [-0.2, -0.15) is 0 Å². The minimum Gasteiger partial charge on any atom is -0.427 e. The van der Waals surface area contributed by atoms with Crippen LogP contribution in [0, 0.1) is 11.8 Å². The lowest BCUT2D eigenvalue weighted by atomic mass is 9.77. The van der Waals surface area contributed by atoms with E-state index in [1.165, 1.54) is 19.1 Å². The van der Waals surface area contributed by atoms with Gasteiger partial charge in [0.25, 0.3) is 0 Å². The maximum atomic E-state index is 12.8. The molecule has 3 heterocycles. The van der Waals surface area contributed by atoms with Crippen LogP contribution in [0.1, 0.15) is 6.92 Å². The van der Waals surface area contributed by atoms with Crippen LogP contribution < -0.4 is 9.64 Å². The van der Waals surface area contributed by atoms with Crippen LogP contribution in [0.3, 0.4) is 0 Å². The molecule has 3 aliphatic rings. The first-order valence-electron chi connectivity index (χ1n) is 7.61. The van der Waals surface area contributed by atoms with Gasteiger partial charge in [0.05, 0.1) is 30.2 Å². The zero-order valence-electron chi connectivity index (χ0n) is 12.8. The number of ether oxygens (including phenoxy) is 2. The molecule has 0 aliphatic carbocycles. The molecule has 1 aromatic carbocycles. The Morgan fingerprint density at radius 1 is 1.29 bits per heavy atom. The van der Waals surface area contributed by atoms with Crippen molar-refractivity contribution >= 4 is 23.5 Å². The van der Waals surface area contributed by atoms with E-state index in [1.54, 1.807) is 24.3 Å². The average Bonchev–Trinajstić information content (AvgIpc) is 3.19. The molecule has 0 radical (unpaired) electrons. The van der Waals surface area contributed by atoms with E-state index in [0.29, 0.717) is 11.4 Å². The van der Waals surface area contributed by atoms with Crippen molar-refractivity contribution in [2.45, 2.75) is 18.6 Å². The standard InChI is InChI=1S/C17H15NO6/c1-9(20)23-11-4-2-10(3-5-11)18-15(21)13-12-6-7-17(8-19,24-12)14(13)16(18)22/h2-7,12-14,19H,8H2,1H3/t12-,13-,14-,17-/m0/s1. The first-order valence-corrected chi connectivity index (χ1v) is 7.61. The van der Waals surface area contributed by atoms with Gasteiger partial charge in [0.15, 0.2) is 0 Å². The topological polar surface area (TPSA) is 93.1 Å². The van der Waals surface area contributed by atoms with Crippen molar-refractivity contribution in [2.24, 2.45) is 11.8 Å². The third kappa shape index (κ3) is 1.88. The number of benzene rings is 1. The van der Waals surface area contributed by atoms with Gasteiger partial charge in [-0.3, -0.25) is 14.4 Å². The molecule has 0 spiro atoms. The van der Waals surface area contributed by atoms with Crippen LogP contribution in [-0.2, 0) is 19.1 Å². The SMILES string of the molecule is CC(=O)Oc1ccc(N2C(=O)[C@H]3[C@@H]4C=C[C@@](CO)(O4)[C@@H]3C2=O)cc1. The zero-order chi connectivity index (χ0) is 17.1. The summed E-state index contributed by atoms with van der Waals surface area (Å²) in [6.07, 6.45) is 2.93. The Morgan fingerprint density at radius 2 is 2.00 bits per heavy atom. The van der Waals surface area contributed by atoms with Gasteiger partial charge in [0.2, 0.25) is 11.8 Å². The van der Waals surface area contributed by atoms with E-state index in [2.05, 4.69) is 0 Å². The first-order chi connectivity index (χ1) is 11.5. The molecule has 1 N–H and O–H groups in total. The van der Waals surface area contributed by atoms with Crippen molar-refractivity contribution in [3.05, 3.63) is 36.4 Å². The Balaban J connectivity index is 1.65. The minimum atomic E-state index is -1.10. The molecule has 24 heavy (non-hydrogen) atoms. The number of fused-ring (bicyclic) bond motifs is 5. The van der Waals surface area contributed by atoms with Crippen LogP contribution >= 0.6 is 0 Å². The number of aliphatic hydroxyl groups excluding tert-OH is 1. The third-order valence-electron chi connectivity index (χ3n) is 4.76. The molecule has 1 aromatic rings. The number of anilines is 1. The van der Waals surface area contributed by atoms with Crippen molar-refractivity contribution in [3.63, 3.8) is 0 Å². The van der Waals surface area contributed by atoms with Gasteiger partial charge in [-0.15, -0.1) is 0 Å². The molecule has 2 fully saturated rings. The molecule has 0 unspecified atom stereocenters. The molecule has 0 aromatic heterocycles. The molecular formula is C17H15NO6. The van der Waals surface area contributed by atoms with Gasteiger partial charge in [-0.25, -0.2) is 4.90 Å². The van der Waals surface area contributed by atoms with E-state index < -0.39 is 29.5 Å². The third-order valence-corrected chi connectivity index (χ3v) is 4.76. The second-order valence-corrected chi connectivity index (χ2v) is 6.16. The van der Waals surface area contributed by atoms with E-state index in [9.17, 15) is 19.5 Å². The van der Waals surface area contributed by atoms with Crippen molar-refractivity contribution in [1.29, 1.82) is 0 Å². The highest BCUT2D eigenvalue weighted by Crippen LogP contribution is 2.52. The smallest absolute Gasteiger partial charge is 0.308 e. The van der Waals surface area contributed by atoms with E-state index in [-0.39, 0.29) is 18.4 Å². The number of esters is 1. The quantitative estimate of drug-likeness (QED) is 0.374. The second kappa shape index (κ2) is 4.99. The number of hydrogen-bond donors (Lipinski definition) is 1. The fourth-order valence-corrected chi connectivity index (χ4v) is 3.77. The van der Waals surface area contributed by atoms with Crippen LogP contribution in [0.4, 0.5) is 5.69 Å². The lowest BCUT2D eigenvalue weighted by Gasteiger charge is -2.26. The Labute approximate surface area is 137 Å². The summed E-state index contributed by atoms with van der Waals surface area (Å²) < 4.78 is 10.6. The fraction of sp³-hybridized carbons (Fsp3) is 0.353. The highest BCUT2D eigenvalue weighted by atomic mass is 16.5. The summed E-state index contributed by atoms with van der Waals surface area (Å²) in [6.45, 7) is 0.944. The molecular weight excluding hydrogens is 314 g/mol. The highest BCUT2D eigenvalue weighted by Gasteiger charge is 2.67.